The lowest BCUT2D eigenvalue weighted by Gasteiger charge is -2.37. The topological polar surface area (TPSA) is 15.3 Å². The average molecular weight is 238 g/mol. The van der Waals surface area contributed by atoms with E-state index < -0.39 is 0 Å². The fraction of sp³-hybridized carbons (Fsp3) is 1.00. The second-order valence-corrected chi connectivity index (χ2v) is 7.46. The molecule has 1 aliphatic carbocycles. The van der Waals surface area contributed by atoms with Crippen molar-refractivity contribution in [1.82, 2.24) is 10.2 Å². The second kappa shape index (κ2) is 4.89. The van der Waals surface area contributed by atoms with Crippen LogP contribution in [0.4, 0.5) is 0 Å². The lowest BCUT2D eigenvalue weighted by molar-refractivity contribution is 0.160. The van der Waals surface area contributed by atoms with Crippen LogP contribution in [0.3, 0.4) is 0 Å². The van der Waals surface area contributed by atoms with E-state index in [-0.39, 0.29) is 0 Å². The fourth-order valence-corrected chi connectivity index (χ4v) is 3.99. The number of rotatable bonds is 2. The molecule has 1 aliphatic heterocycles. The molecule has 1 N–H and O–H groups in total. The molecule has 0 bridgehead atoms. The molecule has 2 rings (SSSR count). The Morgan fingerprint density at radius 2 is 1.76 bits per heavy atom. The Kier molecular flexibility index (Phi) is 3.84. The molecule has 2 fully saturated rings. The minimum Gasteiger partial charge on any atom is -0.311 e. The van der Waals surface area contributed by atoms with Crippen molar-refractivity contribution in [2.24, 2.45) is 17.3 Å². The summed E-state index contributed by atoms with van der Waals surface area (Å²) in [6, 6.07) is 1.49. The molecule has 1 heterocycles. The van der Waals surface area contributed by atoms with Crippen molar-refractivity contribution in [3.63, 3.8) is 0 Å². The maximum absolute atomic E-state index is 3.97. The van der Waals surface area contributed by atoms with Crippen molar-refractivity contribution < 1.29 is 0 Å². The van der Waals surface area contributed by atoms with Gasteiger partial charge in [0.1, 0.15) is 0 Å². The van der Waals surface area contributed by atoms with Gasteiger partial charge in [0.25, 0.3) is 0 Å². The van der Waals surface area contributed by atoms with Crippen LogP contribution in [-0.4, -0.2) is 37.1 Å². The highest BCUT2D eigenvalue weighted by molar-refractivity contribution is 4.94. The molecule has 4 unspecified atom stereocenters. The van der Waals surface area contributed by atoms with E-state index in [9.17, 15) is 0 Å². The first-order valence-electron chi connectivity index (χ1n) is 7.32. The summed E-state index contributed by atoms with van der Waals surface area (Å²) in [5.41, 5.74) is 0.547. The molecule has 1 saturated carbocycles. The van der Waals surface area contributed by atoms with Crippen molar-refractivity contribution in [2.45, 2.75) is 59.0 Å². The summed E-state index contributed by atoms with van der Waals surface area (Å²) in [5.74, 6) is 1.64. The van der Waals surface area contributed by atoms with E-state index in [1.54, 1.807) is 0 Å². The number of nitrogens with one attached hydrogen (secondary N) is 1. The molecule has 1 saturated heterocycles. The zero-order valence-corrected chi connectivity index (χ0v) is 12.3. The maximum Gasteiger partial charge on any atom is 0.0120 e. The van der Waals surface area contributed by atoms with Crippen molar-refractivity contribution in [3.8, 4) is 0 Å². The van der Waals surface area contributed by atoms with Gasteiger partial charge < -0.3 is 10.2 Å². The van der Waals surface area contributed by atoms with Crippen LogP contribution in [0.2, 0.25) is 0 Å². The third-order valence-corrected chi connectivity index (χ3v) is 4.87. The van der Waals surface area contributed by atoms with E-state index in [4.69, 9.17) is 0 Å². The highest BCUT2D eigenvalue weighted by Crippen LogP contribution is 2.41. The molecule has 4 atom stereocenters. The Labute approximate surface area is 107 Å². The largest absolute Gasteiger partial charge is 0.311 e. The van der Waals surface area contributed by atoms with Gasteiger partial charge in [-0.2, -0.15) is 0 Å². The van der Waals surface area contributed by atoms with E-state index >= 15 is 0 Å². The third-order valence-electron chi connectivity index (χ3n) is 4.87. The van der Waals surface area contributed by atoms with Crippen LogP contribution in [0.1, 0.15) is 47.0 Å². The molecule has 0 aromatic carbocycles. The van der Waals surface area contributed by atoms with Crippen LogP contribution in [0.25, 0.3) is 0 Å². The van der Waals surface area contributed by atoms with Gasteiger partial charge in [0.15, 0.2) is 0 Å². The minimum absolute atomic E-state index is 0.547. The first-order valence-corrected chi connectivity index (χ1v) is 7.32. The van der Waals surface area contributed by atoms with Crippen LogP contribution in [0.5, 0.6) is 0 Å². The Hall–Kier alpha value is -0.0800. The van der Waals surface area contributed by atoms with E-state index in [0.717, 1.165) is 23.9 Å². The molecule has 100 valence electrons. The number of piperidine rings is 1. The van der Waals surface area contributed by atoms with Gasteiger partial charge in [-0.3, -0.25) is 0 Å². The zero-order valence-electron chi connectivity index (χ0n) is 12.3. The predicted octanol–water partition coefficient (Wildman–Crippen LogP) is 2.74. The monoisotopic (exact) mass is 238 g/mol. The maximum atomic E-state index is 3.97. The number of hydrogen-bond donors (Lipinski definition) is 1. The molecule has 17 heavy (non-hydrogen) atoms. The zero-order chi connectivity index (χ0) is 12.6. The SMILES string of the molecule is CC1CN(C)CCC1NC1CC(C)(C)CC1C. The molecule has 2 heteroatoms. The van der Waals surface area contributed by atoms with Gasteiger partial charge in [0.2, 0.25) is 0 Å². The molecule has 0 aromatic rings. The van der Waals surface area contributed by atoms with Gasteiger partial charge in [0.05, 0.1) is 0 Å². The fourth-order valence-electron chi connectivity index (χ4n) is 3.99. The van der Waals surface area contributed by atoms with Crippen molar-refractivity contribution in [3.05, 3.63) is 0 Å². The van der Waals surface area contributed by atoms with Gasteiger partial charge in [-0.05, 0) is 50.1 Å². The van der Waals surface area contributed by atoms with Crippen LogP contribution in [-0.2, 0) is 0 Å². The lowest BCUT2D eigenvalue weighted by Crippen LogP contribution is -2.50. The smallest absolute Gasteiger partial charge is 0.0120 e. The van der Waals surface area contributed by atoms with Crippen LogP contribution < -0.4 is 5.32 Å². The van der Waals surface area contributed by atoms with E-state index in [1.807, 2.05) is 0 Å². The van der Waals surface area contributed by atoms with Gasteiger partial charge in [0, 0.05) is 18.6 Å². The minimum atomic E-state index is 0.547. The quantitative estimate of drug-likeness (QED) is 0.796. The molecular formula is C15H30N2. The third kappa shape index (κ3) is 3.23. The normalized spacial score (nSPS) is 42.9. The molecule has 0 spiro atoms. The van der Waals surface area contributed by atoms with Gasteiger partial charge in [-0.25, -0.2) is 0 Å². The molecule has 0 radical (unpaired) electrons. The van der Waals surface area contributed by atoms with Crippen molar-refractivity contribution in [1.29, 1.82) is 0 Å². The Balaban J connectivity index is 1.89. The van der Waals surface area contributed by atoms with E-state index in [2.05, 4.69) is 45.0 Å². The number of likely N-dealkylation sites (tertiary alicyclic amines) is 1. The van der Waals surface area contributed by atoms with E-state index in [1.165, 1.54) is 32.4 Å². The molecule has 0 amide bonds. The highest BCUT2D eigenvalue weighted by atomic mass is 15.1. The summed E-state index contributed by atoms with van der Waals surface area (Å²) in [5, 5.41) is 3.97. The van der Waals surface area contributed by atoms with E-state index in [0.29, 0.717) is 5.41 Å². The van der Waals surface area contributed by atoms with Crippen LogP contribution in [0, 0.1) is 17.3 Å². The number of nitrogens with zero attached hydrogens (tertiary/aromatic N) is 1. The lowest BCUT2D eigenvalue weighted by atomic mass is 9.90. The molecule has 2 aliphatic rings. The summed E-state index contributed by atoms with van der Waals surface area (Å²) in [7, 11) is 2.24. The molecular weight excluding hydrogens is 208 g/mol. The first kappa shape index (κ1) is 13.4. The van der Waals surface area contributed by atoms with Gasteiger partial charge in [-0.15, -0.1) is 0 Å². The molecule has 0 aromatic heterocycles. The summed E-state index contributed by atoms with van der Waals surface area (Å²) >= 11 is 0. The standard InChI is InChI=1S/C15H30N2/c1-11-8-15(3,4)9-14(11)16-13-6-7-17(5)10-12(13)2/h11-14,16H,6-10H2,1-5H3. The van der Waals surface area contributed by atoms with Crippen LogP contribution >= 0.6 is 0 Å². The average Bonchev–Trinajstić information content (AvgIpc) is 2.44. The summed E-state index contributed by atoms with van der Waals surface area (Å²) < 4.78 is 0. The summed E-state index contributed by atoms with van der Waals surface area (Å²) in [6.45, 7) is 12.2. The second-order valence-electron chi connectivity index (χ2n) is 7.46. The Bertz CT molecular complexity index is 262. The first-order chi connectivity index (χ1) is 7.87. The van der Waals surface area contributed by atoms with Crippen molar-refractivity contribution in [2.75, 3.05) is 20.1 Å². The Morgan fingerprint density at radius 3 is 2.29 bits per heavy atom. The number of hydrogen-bond acceptors (Lipinski definition) is 2. The summed E-state index contributed by atoms with van der Waals surface area (Å²) in [6.07, 6.45) is 4.06. The summed E-state index contributed by atoms with van der Waals surface area (Å²) in [4.78, 5) is 2.46. The van der Waals surface area contributed by atoms with Gasteiger partial charge >= 0.3 is 0 Å². The van der Waals surface area contributed by atoms with Gasteiger partial charge in [-0.1, -0.05) is 27.7 Å². The van der Waals surface area contributed by atoms with Crippen molar-refractivity contribution >= 4 is 0 Å². The Morgan fingerprint density at radius 1 is 1.06 bits per heavy atom. The van der Waals surface area contributed by atoms with Crippen LogP contribution in [0.15, 0.2) is 0 Å². The molecule has 2 nitrogen and oxygen atoms in total. The predicted molar refractivity (Wildman–Crippen MR) is 74.2 cm³/mol. The highest BCUT2D eigenvalue weighted by Gasteiger charge is 2.38.